The lowest BCUT2D eigenvalue weighted by Gasteiger charge is -2.34. The quantitative estimate of drug-likeness (QED) is 0.153. The number of hydrogen-bond donors (Lipinski definition) is 1. The number of carbonyl (C=O) groups excluding carboxylic acids is 2. The lowest BCUT2D eigenvalue weighted by molar-refractivity contribution is -0.140. The highest BCUT2D eigenvalue weighted by molar-refractivity contribution is 9.10. The summed E-state index contributed by atoms with van der Waals surface area (Å²) in [6.07, 6.45) is 0.190. The predicted molar refractivity (Wildman–Crippen MR) is 191 cm³/mol. The number of anilines is 1. The van der Waals surface area contributed by atoms with Gasteiger partial charge in [0, 0.05) is 19.0 Å². The standard InChI is InChI=1S/C35H36BrCl2N3O5S/c1-23(2)39-35(43)32(19-25-8-6-5-7-9-25)40(21-26-12-16-30(37)31(38)18-26)34(42)22-41(27-13-10-24(3)11-14-27)47(44,45)28-15-17-33(46-4)29(36)20-28/h5-18,20,23,32H,19,21-22H2,1-4H3,(H,39,43)/t32-/m1/s1. The van der Waals surface area contributed by atoms with Gasteiger partial charge in [0.2, 0.25) is 11.8 Å². The van der Waals surface area contributed by atoms with Crippen LogP contribution in [-0.4, -0.2) is 50.9 Å². The minimum absolute atomic E-state index is 0.0331. The molecule has 0 aliphatic rings. The molecular formula is C35H36BrCl2N3O5S. The number of methoxy groups -OCH3 is 1. The van der Waals surface area contributed by atoms with Crippen LogP contribution in [0.3, 0.4) is 0 Å². The molecule has 47 heavy (non-hydrogen) atoms. The van der Waals surface area contributed by atoms with Gasteiger partial charge in [-0.05, 0) is 90.3 Å². The summed E-state index contributed by atoms with van der Waals surface area (Å²) in [4.78, 5) is 29.8. The van der Waals surface area contributed by atoms with Gasteiger partial charge in [0.25, 0.3) is 10.0 Å². The van der Waals surface area contributed by atoms with Crippen LogP contribution in [-0.2, 0) is 32.6 Å². The highest BCUT2D eigenvalue weighted by atomic mass is 79.9. The number of amides is 2. The Morgan fingerprint density at radius 1 is 0.894 bits per heavy atom. The molecule has 0 radical (unpaired) electrons. The number of aryl methyl sites for hydroxylation is 1. The van der Waals surface area contributed by atoms with E-state index in [0.29, 0.717) is 20.8 Å². The van der Waals surface area contributed by atoms with Gasteiger partial charge in [-0.2, -0.15) is 0 Å². The van der Waals surface area contributed by atoms with Crippen molar-refractivity contribution in [3.63, 3.8) is 0 Å². The van der Waals surface area contributed by atoms with Gasteiger partial charge >= 0.3 is 0 Å². The zero-order valence-corrected chi connectivity index (χ0v) is 30.3. The van der Waals surface area contributed by atoms with Crippen LogP contribution in [0.25, 0.3) is 0 Å². The van der Waals surface area contributed by atoms with Crippen molar-refractivity contribution in [3.8, 4) is 5.75 Å². The van der Waals surface area contributed by atoms with E-state index in [0.717, 1.165) is 15.4 Å². The Balaban J connectivity index is 1.83. The number of benzene rings is 4. The minimum atomic E-state index is -4.29. The second kappa shape index (κ2) is 16.0. The molecule has 8 nitrogen and oxygen atoms in total. The van der Waals surface area contributed by atoms with Crippen molar-refractivity contribution in [2.75, 3.05) is 18.0 Å². The van der Waals surface area contributed by atoms with Crippen molar-refractivity contribution in [1.82, 2.24) is 10.2 Å². The molecule has 0 unspecified atom stereocenters. The summed E-state index contributed by atoms with van der Waals surface area (Å²) < 4.78 is 35.4. The van der Waals surface area contributed by atoms with Crippen LogP contribution in [0.1, 0.15) is 30.5 Å². The Hall–Kier alpha value is -3.57. The second-order valence-corrected chi connectivity index (χ2v) is 14.8. The normalized spacial score (nSPS) is 12.0. The number of nitrogens with one attached hydrogen (secondary N) is 1. The van der Waals surface area contributed by atoms with Gasteiger partial charge in [-0.25, -0.2) is 8.42 Å². The van der Waals surface area contributed by atoms with Crippen LogP contribution in [0.15, 0.2) is 100 Å². The summed E-state index contributed by atoms with van der Waals surface area (Å²) in [5.41, 5.74) is 2.65. The van der Waals surface area contributed by atoms with Crippen molar-refractivity contribution in [2.45, 2.75) is 50.7 Å². The predicted octanol–water partition coefficient (Wildman–Crippen LogP) is 7.43. The van der Waals surface area contributed by atoms with Gasteiger partial charge < -0.3 is 15.0 Å². The third kappa shape index (κ3) is 9.28. The minimum Gasteiger partial charge on any atom is -0.496 e. The number of carbonyl (C=O) groups is 2. The van der Waals surface area contributed by atoms with Gasteiger partial charge in [-0.15, -0.1) is 0 Å². The van der Waals surface area contributed by atoms with Crippen LogP contribution in [0, 0.1) is 6.92 Å². The first-order valence-corrected chi connectivity index (χ1v) is 17.8. The fourth-order valence-corrected chi connectivity index (χ4v) is 7.40. The summed E-state index contributed by atoms with van der Waals surface area (Å²) in [6.45, 7) is 4.93. The molecule has 4 aromatic carbocycles. The molecule has 1 atom stereocenters. The largest absolute Gasteiger partial charge is 0.496 e. The molecule has 0 aliphatic carbocycles. The zero-order valence-electron chi connectivity index (χ0n) is 26.4. The van der Waals surface area contributed by atoms with E-state index in [9.17, 15) is 18.0 Å². The average Bonchev–Trinajstić information content (AvgIpc) is 3.03. The van der Waals surface area contributed by atoms with Gasteiger partial charge in [0.1, 0.15) is 18.3 Å². The van der Waals surface area contributed by atoms with E-state index in [4.69, 9.17) is 27.9 Å². The number of ether oxygens (including phenoxy) is 1. The van der Waals surface area contributed by atoms with Gasteiger partial charge in [-0.1, -0.05) is 77.3 Å². The van der Waals surface area contributed by atoms with E-state index >= 15 is 0 Å². The maximum Gasteiger partial charge on any atom is 0.264 e. The van der Waals surface area contributed by atoms with Crippen LogP contribution in [0.2, 0.25) is 10.0 Å². The van der Waals surface area contributed by atoms with Crippen LogP contribution >= 0.6 is 39.1 Å². The Morgan fingerprint density at radius 2 is 1.57 bits per heavy atom. The van der Waals surface area contributed by atoms with Crippen molar-refractivity contribution < 1.29 is 22.7 Å². The topological polar surface area (TPSA) is 96.0 Å². The van der Waals surface area contributed by atoms with Crippen molar-refractivity contribution in [3.05, 3.63) is 122 Å². The molecule has 4 aromatic rings. The van der Waals surface area contributed by atoms with E-state index in [1.807, 2.05) is 51.1 Å². The fraction of sp³-hybridized carbons (Fsp3) is 0.257. The Kier molecular flexibility index (Phi) is 12.4. The first-order valence-electron chi connectivity index (χ1n) is 14.8. The molecule has 0 saturated carbocycles. The van der Waals surface area contributed by atoms with E-state index in [2.05, 4.69) is 21.2 Å². The first kappa shape index (κ1) is 36.3. The molecular weight excluding hydrogens is 725 g/mol. The highest BCUT2D eigenvalue weighted by Gasteiger charge is 2.35. The monoisotopic (exact) mass is 759 g/mol. The van der Waals surface area contributed by atoms with E-state index in [-0.39, 0.29) is 40.5 Å². The number of nitrogens with zero attached hydrogens (tertiary/aromatic N) is 2. The Labute approximate surface area is 294 Å². The van der Waals surface area contributed by atoms with Crippen molar-refractivity contribution in [1.29, 1.82) is 0 Å². The molecule has 0 saturated heterocycles. The lowest BCUT2D eigenvalue weighted by Crippen LogP contribution is -2.54. The molecule has 2 amide bonds. The summed E-state index contributed by atoms with van der Waals surface area (Å²) >= 11 is 15.9. The maximum absolute atomic E-state index is 14.6. The molecule has 4 rings (SSSR count). The number of hydrogen-bond acceptors (Lipinski definition) is 5. The molecule has 0 aliphatic heterocycles. The molecule has 0 heterocycles. The maximum atomic E-state index is 14.6. The molecule has 1 N–H and O–H groups in total. The third-order valence-electron chi connectivity index (χ3n) is 7.35. The van der Waals surface area contributed by atoms with E-state index in [1.54, 1.807) is 42.5 Å². The van der Waals surface area contributed by atoms with Crippen LogP contribution in [0.5, 0.6) is 5.75 Å². The molecule has 0 spiro atoms. The third-order valence-corrected chi connectivity index (χ3v) is 10.5. The number of rotatable bonds is 13. The molecule has 0 bridgehead atoms. The van der Waals surface area contributed by atoms with Crippen molar-refractivity contribution in [2.24, 2.45) is 0 Å². The zero-order chi connectivity index (χ0) is 34.3. The molecule has 248 valence electrons. The molecule has 0 fully saturated rings. The first-order chi connectivity index (χ1) is 22.3. The molecule has 12 heteroatoms. The Morgan fingerprint density at radius 3 is 2.17 bits per heavy atom. The summed E-state index contributed by atoms with van der Waals surface area (Å²) in [7, 11) is -2.81. The summed E-state index contributed by atoms with van der Waals surface area (Å²) in [6, 6.07) is 24.3. The number of sulfonamides is 1. The van der Waals surface area contributed by atoms with Crippen LogP contribution < -0.4 is 14.4 Å². The summed E-state index contributed by atoms with van der Waals surface area (Å²) in [5, 5.41) is 3.57. The van der Waals surface area contributed by atoms with Crippen molar-refractivity contribution >= 4 is 66.7 Å². The second-order valence-electron chi connectivity index (χ2n) is 11.3. The SMILES string of the molecule is COc1ccc(S(=O)(=O)N(CC(=O)N(Cc2ccc(Cl)c(Cl)c2)[C@H](Cc2ccccc2)C(=O)NC(C)C)c2ccc(C)cc2)cc1Br. The van der Waals surface area contributed by atoms with Gasteiger partial charge in [0.15, 0.2) is 0 Å². The van der Waals surface area contributed by atoms with Gasteiger partial charge in [-0.3, -0.25) is 13.9 Å². The molecule has 0 aromatic heterocycles. The van der Waals surface area contributed by atoms with Crippen LogP contribution in [0.4, 0.5) is 5.69 Å². The lowest BCUT2D eigenvalue weighted by atomic mass is 10.0. The highest BCUT2D eigenvalue weighted by Crippen LogP contribution is 2.31. The van der Waals surface area contributed by atoms with E-state index in [1.165, 1.54) is 30.2 Å². The summed E-state index contributed by atoms with van der Waals surface area (Å²) in [5.74, 6) is -0.511. The number of halogens is 3. The van der Waals surface area contributed by atoms with Gasteiger partial charge in [0.05, 0.1) is 32.2 Å². The van der Waals surface area contributed by atoms with E-state index < -0.39 is 28.5 Å². The fourth-order valence-electron chi connectivity index (χ4n) is 4.94. The Bertz CT molecular complexity index is 1820. The smallest absolute Gasteiger partial charge is 0.264 e. The average molecular weight is 762 g/mol.